The van der Waals surface area contributed by atoms with Crippen LogP contribution in [-0.2, 0) is 0 Å². The van der Waals surface area contributed by atoms with Crippen LogP contribution in [0.5, 0.6) is 0 Å². The minimum absolute atomic E-state index is 0.576. The molecule has 0 heterocycles. The first-order valence-corrected chi connectivity index (χ1v) is 66.3. The summed E-state index contributed by atoms with van der Waals surface area (Å²) in [5.41, 5.74) is 36.4. The summed E-state index contributed by atoms with van der Waals surface area (Å²) in [6.45, 7) is 59.2. The predicted octanol–water partition coefficient (Wildman–Crippen LogP) is 37.1. The Morgan fingerprint density at radius 3 is 0.431 bits per heavy atom. The summed E-state index contributed by atoms with van der Waals surface area (Å²) >= 11 is 0. The maximum atomic E-state index is 6.09. The van der Waals surface area contributed by atoms with E-state index in [1.54, 1.807) is 0 Å². The maximum absolute atomic E-state index is 6.09. The minimum Gasteiger partial charge on any atom is -0.330 e. The first kappa shape index (κ1) is 147. The Balaban J connectivity index is -0.00000208. The Hall–Kier alpha value is -1.00. The summed E-state index contributed by atoms with van der Waals surface area (Å²) in [7, 11) is 0. The van der Waals surface area contributed by atoms with Crippen LogP contribution in [0, 0.1) is 35.5 Å². The second kappa shape index (κ2) is 121. The number of nitrogens with zero attached hydrogens (tertiary/aromatic N) is 6. The lowest BCUT2D eigenvalue weighted by molar-refractivity contribution is 0.150. The molecule has 0 aliphatic rings. The van der Waals surface area contributed by atoms with E-state index in [9.17, 15) is 0 Å². The molecular formula is C132H278N12. The van der Waals surface area contributed by atoms with Crippen LogP contribution < -0.4 is 34.4 Å². The predicted molar refractivity (Wildman–Crippen MR) is 657 cm³/mol. The van der Waals surface area contributed by atoms with E-state index >= 15 is 0 Å². The number of hydrogen-bond acceptors (Lipinski definition) is 12. The van der Waals surface area contributed by atoms with Crippen molar-refractivity contribution < 1.29 is 0 Å². The lowest BCUT2D eigenvalue weighted by Crippen LogP contribution is -2.40. The highest BCUT2D eigenvalue weighted by atomic mass is 15.2. The van der Waals surface area contributed by atoms with Gasteiger partial charge in [0, 0.05) is 63.4 Å². The smallest absolute Gasteiger partial charge is 0.00670 e. The van der Waals surface area contributed by atoms with Crippen LogP contribution in [0.2, 0.25) is 0 Å². The van der Waals surface area contributed by atoms with Gasteiger partial charge in [-0.05, 0) is 283 Å². The highest BCUT2D eigenvalue weighted by Crippen LogP contribution is 2.25. The normalized spacial score (nSPS) is 14.3. The zero-order valence-electron chi connectivity index (χ0n) is 102. The lowest BCUT2D eigenvalue weighted by Gasteiger charge is -2.33. The van der Waals surface area contributed by atoms with Crippen molar-refractivity contribution >= 4 is 0 Å². The Kier molecular flexibility index (Phi) is 123. The maximum Gasteiger partial charge on any atom is 0.00670 e. The summed E-state index contributed by atoms with van der Waals surface area (Å²) in [6, 6.07) is 2.67. The van der Waals surface area contributed by atoms with Crippen LogP contribution >= 0.6 is 0 Å². The van der Waals surface area contributed by atoms with E-state index in [2.05, 4.69) is 164 Å². The Bertz CT molecular complexity index is 2230. The van der Waals surface area contributed by atoms with Crippen LogP contribution in [0.4, 0.5) is 0 Å². The molecule has 12 heteroatoms. The molecule has 0 aromatic heterocycles. The fourth-order valence-corrected chi connectivity index (χ4v) is 21.7. The van der Waals surface area contributed by atoms with Crippen molar-refractivity contribution in [2.75, 3.05) is 131 Å². The molecule has 0 aromatic carbocycles. The average Bonchev–Trinajstić information content (AvgIpc) is 0.921. The van der Waals surface area contributed by atoms with E-state index in [0.29, 0.717) is 59.7 Å². The van der Waals surface area contributed by atoms with Gasteiger partial charge in [-0.15, -0.1) is 0 Å². The molecule has 0 fully saturated rings. The molecule has 10 unspecified atom stereocenters. The SMILES string of the molecule is CCCCCCCC/C=C\CCCCCCCCN(CCCCN(CCCCCCCC/C=C\CCCCCCCC)CC(C)CN)CC(C)CN.CCCCCCCCCCCCC(C)N(CCCCN(CC(C)CN)C(C)CCCCCCCCCCCC)CC(C)CN.CCCCCCCCCCCCCCC(C)N(CCCCN(CC(C)CN)C(C)CCCCCCCCCCCCCC)CC(C)CN. The second-order valence-electron chi connectivity index (χ2n) is 48.3. The number of allylic oxidation sites excluding steroid dienone is 4. The summed E-state index contributed by atoms with van der Waals surface area (Å²) in [6.07, 6.45) is 124. The van der Waals surface area contributed by atoms with Gasteiger partial charge in [0.05, 0.1) is 0 Å². The zero-order valence-corrected chi connectivity index (χ0v) is 102. The largest absolute Gasteiger partial charge is 0.330 e. The second-order valence-corrected chi connectivity index (χ2v) is 48.3. The van der Waals surface area contributed by atoms with Crippen LogP contribution in [0.25, 0.3) is 0 Å². The fraction of sp³-hybridized carbons (Fsp3) is 0.970. The standard InChI is InChI=1S/C48H98N4.C44H94N4.C40H86N4/c1-5-7-9-11-13-15-17-19-21-23-25-27-29-31-33-35-39-51(45-47(3)43-49)41-37-38-42-52(46-48(4)44-50)40-36-34-32-30-28-26-24-22-20-18-16-14-12-10-8-6-2;1-7-9-11-13-15-17-19-21-23-25-27-29-33-43(5)47(39-41(3)37-45)35-31-32-36-48(40-42(4)38-46)44(6)34-30-28-26-24-22-20-18-16-14-12-10-8-2;1-7-9-11-13-15-17-19-21-23-25-29-39(5)43(35-37(3)33-41)31-27-28-32-44(36-38(4)34-42)40(6)30-26-24-22-20-18-16-14-12-10-8-2/h19-22,47-48H,5-18,23-46,49-50H2,1-4H3;41-44H,7-40,45-46H2,1-6H3;37-40H,7-36,41-42H2,1-6H3/b21-19-,22-20-;;. The van der Waals surface area contributed by atoms with Gasteiger partial charge in [0.2, 0.25) is 0 Å². The summed E-state index contributed by atoms with van der Waals surface area (Å²) in [5.74, 6) is 3.48. The highest BCUT2D eigenvalue weighted by Gasteiger charge is 2.23. The molecular weight excluding hydrogens is 1750 g/mol. The van der Waals surface area contributed by atoms with Gasteiger partial charge in [0.25, 0.3) is 0 Å². The molecule has 0 bridgehead atoms. The molecule has 10 atom stereocenters. The monoisotopic (exact) mass is 2030 g/mol. The highest BCUT2D eigenvalue weighted by molar-refractivity contribution is 4.84. The Morgan fingerprint density at radius 2 is 0.271 bits per heavy atom. The van der Waals surface area contributed by atoms with Crippen LogP contribution in [-0.4, -0.2) is 184 Å². The molecule has 144 heavy (non-hydrogen) atoms. The number of nitrogens with two attached hydrogens (primary N) is 6. The van der Waals surface area contributed by atoms with Crippen molar-refractivity contribution in [2.24, 2.45) is 69.9 Å². The van der Waals surface area contributed by atoms with E-state index in [-0.39, 0.29) is 0 Å². The van der Waals surface area contributed by atoms with Gasteiger partial charge in [0.15, 0.2) is 0 Å². The third-order valence-corrected chi connectivity index (χ3v) is 32.6. The molecule has 0 rings (SSSR count). The molecule has 0 aromatic rings. The molecule has 0 aliphatic heterocycles. The van der Waals surface area contributed by atoms with E-state index < -0.39 is 0 Å². The van der Waals surface area contributed by atoms with Crippen molar-refractivity contribution in [3.8, 4) is 0 Å². The van der Waals surface area contributed by atoms with E-state index in [0.717, 1.165) is 78.5 Å². The van der Waals surface area contributed by atoms with Crippen molar-refractivity contribution in [2.45, 2.75) is 661 Å². The quantitative estimate of drug-likeness (QED) is 0.0252. The number of unbranched alkanes of at least 4 members (excludes halogenated alkanes) is 67. The molecule has 0 amide bonds. The minimum atomic E-state index is 0.576. The third-order valence-electron chi connectivity index (χ3n) is 32.6. The van der Waals surface area contributed by atoms with Gasteiger partial charge in [-0.3, -0.25) is 0 Å². The first-order valence-electron chi connectivity index (χ1n) is 66.3. The average molecular weight is 2030 g/mol. The number of hydrogen-bond donors (Lipinski definition) is 6. The summed E-state index contributed by atoms with van der Waals surface area (Å²) in [5, 5.41) is 0. The topological polar surface area (TPSA) is 176 Å². The van der Waals surface area contributed by atoms with E-state index in [1.807, 2.05) is 0 Å². The Labute approximate surface area is 910 Å². The first-order chi connectivity index (χ1) is 70.3. The zero-order chi connectivity index (χ0) is 106. The molecule has 12 nitrogen and oxygen atoms in total. The van der Waals surface area contributed by atoms with Gasteiger partial charge >= 0.3 is 0 Å². The third kappa shape index (κ3) is 108. The fourth-order valence-electron chi connectivity index (χ4n) is 21.7. The van der Waals surface area contributed by atoms with E-state index in [4.69, 9.17) is 34.4 Å². The molecule has 0 saturated heterocycles. The summed E-state index contributed by atoms with van der Waals surface area (Å²) in [4.78, 5) is 16.5. The van der Waals surface area contributed by atoms with Crippen LogP contribution in [0.3, 0.4) is 0 Å². The number of rotatable bonds is 117. The molecule has 12 N–H and O–H groups in total. The summed E-state index contributed by atoms with van der Waals surface area (Å²) < 4.78 is 0. The molecule has 866 valence electrons. The van der Waals surface area contributed by atoms with Gasteiger partial charge in [-0.25, -0.2) is 0 Å². The molecule has 0 spiro atoms. The van der Waals surface area contributed by atoms with Crippen molar-refractivity contribution in [3.05, 3.63) is 24.3 Å². The van der Waals surface area contributed by atoms with Crippen LogP contribution in [0.15, 0.2) is 24.3 Å². The van der Waals surface area contributed by atoms with Gasteiger partial charge in [0.1, 0.15) is 0 Å². The van der Waals surface area contributed by atoms with Crippen LogP contribution in [0.1, 0.15) is 637 Å². The molecule has 0 radical (unpaired) electrons. The lowest BCUT2D eigenvalue weighted by atomic mass is 10.0. The Morgan fingerprint density at radius 1 is 0.146 bits per heavy atom. The van der Waals surface area contributed by atoms with Gasteiger partial charge in [-0.1, -0.05) is 505 Å². The molecule has 0 saturated carbocycles. The van der Waals surface area contributed by atoms with Crippen molar-refractivity contribution in [3.63, 3.8) is 0 Å². The van der Waals surface area contributed by atoms with Crippen molar-refractivity contribution in [1.29, 1.82) is 0 Å². The van der Waals surface area contributed by atoms with E-state index in [1.165, 1.54) is 579 Å². The van der Waals surface area contributed by atoms with Gasteiger partial charge in [-0.2, -0.15) is 0 Å². The van der Waals surface area contributed by atoms with Gasteiger partial charge < -0.3 is 63.8 Å². The molecule has 0 aliphatic carbocycles. The van der Waals surface area contributed by atoms with Crippen molar-refractivity contribution in [1.82, 2.24) is 29.4 Å².